The summed E-state index contributed by atoms with van der Waals surface area (Å²) in [5, 5.41) is 2.59. The van der Waals surface area contributed by atoms with Crippen molar-refractivity contribution in [3.8, 4) is 5.75 Å². The van der Waals surface area contributed by atoms with Gasteiger partial charge in [0.1, 0.15) is 18.4 Å². The van der Waals surface area contributed by atoms with Gasteiger partial charge in [-0.3, -0.25) is 4.79 Å². The van der Waals surface area contributed by atoms with E-state index < -0.39 is 17.9 Å². The Kier molecular flexibility index (Phi) is 7.64. The first-order chi connectivity index (χ1) is 12.6. The summed E-state index contributed by atoms with van der Waals surface area (Å²) in [6, 6.07) is 16.5. The van der Waals surface area contributed by atoms with Crippen LogP contribution in [0.15, 0.2) is 54.6 Å². The molecule has 0 fully saturated rings. The van der Waals surface area contributed by atoms with E-state index in [-0.39, 0.29) is 13.2 Å². The Labute approximate surface area is 153 Å². The summed E-state index contributed by atoms with van der Waals surface area (Å²) in [4.78, 5) is 23.6. The number of nitrogens with two attached hydrogens (primary N) is 1. The van der Waals surface area contributed by atoms with Crippen LogP contribution in [0.2, 0.25) is 0 Å². The molecule has 0 aliphatic heterocycles. The molecular formula is C20H24N2O4. The number of hydrogen-bond acceptors (Lipinski definition) is 5. The lowest BCUT2D eigenvalue weighted by Gasteiger charge is -2.17. The van der Waals surface area contributed by atoms with Crippen LogP contribution in [0.3, 0.4) is 0 Å². The first-order valence-electron chi connectivity index (χ1n) is 8.54. The van der Waals surface area contributed by atoms with Gasteiger partial charge in [0.05, 0.1) is 13.2 Å². The van der Waals surface area contributed by atoms with Crippen LogP contribution in [0.1, 0.15) is 18.1 Å². The van der Waals surface area contributed by atoms with Crippen molar-refractivity contribution < 1.29 is 19.1 Å². The van der Waals surface area contributed by atoms with Gasteiger partial charge in [-0.25, -0.2) is 4.79 Å². The maximum atomic E-state index is 12.0. The van der Waals surface area contributed by atoms with E-state index in [2.05, 4.69) is 5.32 Å². The molecule has 138 valence electrons. The molecular weight excluding hydrogens is 332 g/mol. The summed E-state index contributed by atoms with van der Waals surface area (Å²) in [7, 11) is 0. The highest BCUT2D eigenvalue weighted by molar-refractivity contribution is 5.85. The predicted octanol–water partition coefficient (Wildman–Crippen LogP) is 1.81. The smallest absolute Gasteiger partial charge is 0.328 e. The van der Waals surface area contributed by atoms with Gasteiger partial charge in [-0.05, 0) is 30.2 Å². The van der Waals surface area contributed by atoms with Crippen LogP contribution in [0, 0.1) is 0 Å². The number of hydrogen-bond donors (Lipinski definition) is 2. The molecule has 1 atom stereocenters. The maximum Gasteiger partial charge on any atom is 0.328 e. The molecule has 0 aromatic heterocycles. The van der Waals surface area contributed by atoms with Crippen LogP contribution in [-0.4, -0.2) is 31.1 Å². The molecule has 6 nitrogen and oxygen atoms in total. The fourth-order valence-electron chi connectivity index (χ4n) is 2.39. The van der Waals surface area contributed by atoms with Crippen LogP contribution < -0.4 is 15.8 Å². The number of esters is 1. The van der Waals surface area contributed by atoms with Gasteiger partial charge in [-0.1, -0.05) is 42.5 Å². The molecule has 0 spiro atoms. The van der Waals surface area contributed by atoms with E-state index in [1.807, 2.05) is 54.6 Å². The standard InChI is InChI=1S/C20H24N2O4/c1-2-25-20(24)18(22-19(23)13-21)12-15-8-10-17(11-9-15)26-14-16-6-4-3-5-7-16/h3-11,18H,2,12-14,21H2,1H3,(H,22,23)/t18-/m1/s1. The topological polar surface area (TPSA) is 90.6 Å². The minimum absolute atomic E-state index is 0.178. The summed E-state index contributed by atoms with van der Waals surface area (Å²) in [6.45, 7) is 2.28. The Balaban J connectivity index is 1.96. The van der Waals surface area contributed by atoms with Crippen LogP contribution >= 0.6 is 0 Å². The molecule has 0 aliphatic rings. The van der Waals surface area contributed by atoms with Crippen LogP contribution in [0.4, 0.5) is 0 Å². The summed E-state index contributed by atoms with van der Waals surface area (Å²) >= 11 is 0. The number of carbonyl (C=O) groups is 2. The molecule has 1 amide bonds. The number of amides is 1. The van der Waals surface area contributed by atoms with Gasteiger partial charge in [0.2, 0.25) is 5.91 Å². The van der Waals surface area contributed by atoms with Crippen molar-refractivity contribution in [3.05, 3.63) is 65.7 Å². The highest BCUT2D eigenvalue weighted by atomic mass is 16.5. The Morgan fingerprint density at radius 3 is 2.35 bits per heavy atom. The molecule has 26 heavy (non-hydrogen) atoms. The fourth-order valence-corrected chi connectivity index (χ4v) is 2.39. The Morgan fingerprint density at radius 1 is 1.04 bits per heavy atom. The van der Waals surface area contributed by atoms with E-state index in [4.69, 9.17) is 15.2 Å². The van der Waals surface area contributed by atoms with Crippen LogP contribution in [-0.2, 0) is 27.4 Å². The largest absolute Gasteiger partial charge is 0.489 e. The Hall–Kier alpha value is -2.86. The molecule has 2 aromatic rings. The van der Waals surface area contributed by atoms with Gasteiger partial charge in [0, 0.05) is 6.42 Å². The summed E-state index contributed by atoms with van der Waals surface area (Å²) in [5.74, 6) is -0.138. The maximum absolute atomic E-state index is 12.0. The van der Waals surface area contributed by atoms with E-state index in [9.17, 15) is 9.59 Å². The molecule has 3 N–H and O–H groups in total. The monoisotopic (exact) mass is 356 g/mol. The van der Waals surface area contributed by atoms with Crippen molar-refractivity contribution in [1.82, 2.24) is 5.32 Å². The van der Waals surface area contributed by atoms with Gasteiger partial charge < -0.3 is 20.5 Å². The molecule has 0 heterocycles. The molecule has 0 saturated heterocycles. The van der Waals surface area contributed by atoms with Crippen molar-refractivity contribution in [2.75, 3.05) is 13.2 Å². The minimum atomic E-state index is -0.762. The zero-order valence-electron chi connectivity index (χ0n) is 14.8. The summed E-state index contributed by atoms with van der Waals surface area (Å²) in [5.41, 5.74) is 7.28. The van der Waals surface area contributed by atoms with Crippen molar-refractivity contribution >= 4 is 11.9 Å². The third kappa shape index (κ3) is 6.22. The molecule has 2 aromatic carbocycles. The van der Waals surface area contributed by atoms with E-state index in [1.165, 1.54) is 0 Å². The molecule has 0 bridgehead atoms. The average Bonchev–Trinajstić information content (AvgIpc) is 2.67. The third-order valence-electron chi connectivity index (χ3n) is 3.70. The summed E-state index contributed by atoms with van der Waals surface area (Å²) < 4.78 is 10.8. The van der Waals surface area contributed by atoms with E-state index in [0.29, 0.717) is 13.0 Å². The lowest BCUT2D eigenvalue weighted by atomic mass is 10.1. The van der Waals surface area contributed by atoms with E-state index >= 15 is 0 Å². The van der Waals surface area contributed by atoms with Gasteiger partial charge >= 0.3 is 5.97 Å². The second-order valence-electron chi connectivity index (χ2n) is 5.70. The number of benzene rings is 2. The number of nitrogens with one attached hydrogen (secondary N) is 1. The van der Waals surface area contributed by atoms with E-state index in [0.717, 1.165) is 16.9 Å². The highest BCUT2D eigenvalue weighted by Gasteiger charge is 2.22. The first kappa shape index (κ1) is 19.5. The van der Waals surface area contributed by atoms with Crippen molar-refractivity contribution in [2.45, 2.75) is 26.0 Å². The highest BCUT2D eigenvalue weighted by Crippen LogP contribution is 2.15. The summed E-state index contributed by atoms with van der Waals surface area (Å²) in [6.07, 6.45) is 0.323. The zero-order valence-corrected chi connectivity index (χ0v) is 14.8. The number of carbonyl (C=O) groups excluding carboxylic acids is 2. The molecule has 0 aliphatic carbocycles. The number of ether oxygens (including phenoxy) is 2. The average molecular weight is 356 g/mol. The van der Waals surface area contributed by atoms with Crippen molar-refractivity contribution in [3.63, 3.8) is 0 Å². The predicted molar refractivity (Wildman–Crippen MR) is 98.5 cm³/mol. The van der Waals surface area contributed by atoms with Gasteiger partial charge in [0.15, 0.2) is 0 Å². The number of rotatable bonds is 9. The molecule has 0 radical (unpaired) electrons. The lowest BCUT2D eigenvalue weighted by Crippen LogP contribution is -2.45. The first-order valence-corrected chi connectivity index (χ1v) is 8.54. The quantitative estimate of drug-likeness (QED) is 0.669. The molecule has 6 heteroatoms. The van der Waals surface area contributed by atoms with Crippen LogP contribution in [0.5, 0.6) is 5.75 Å². The Bertz CT molecular complexity index is 702. The zero-order chi connectivity index (χ0) is 18.8. The van der Waals surface area contributed by atoms with Crippen molar-refractivity contribution in [1.29, 1.82) is 0 Å². The second kappa shape index (κ2) is 10.2. The molecule has 0 unspecified atom stereocenters. The van der Waals surface area contributed by atoms with E-state index in [1.54, 1.807) is 6.92 Å². The van der Waals surface area contributed by atoms with Gasteiger partial charge in [-0.15, -0.1) is 0 Å². The second-order valence-corrected chi connectivity index (χ2v) is 5.70. The van der Waals surface area contributed by atoms with Gasteiger partial charge in [-0.2, -0.15) is 0 Å². The molecule has 0 saturated carbocycles. The fraction of sp³-hybridized carbons (Fsp3) is 0.300. The van der Waals surface area contributed by atoms with Gasteiger partial charge in [0.25, 0.3) is 0 Å². The van der Waals surface area contributed by atoms with Crippen molar-refractivity contribution in [2.24, 2.45) is 5.73 Å². The van der Waals surface area contributed by atoms with Crippen LogP contribution in [0.25, 0.3) is 0 Å². The molecule has 2 rings (SSSR count). The third-order valence-corrected chi connectivity index (χ3v) is 3.70. The minimum Gasteiger partial charge on any atom is -0.489 e. The lowest BCUT2D eigenvalue weighted by molar-refractivity contribution is -0.147. The Morgan fingerprint density at radius 2 is 1.73 bits per heavy atom. The normalized spacial score (nSPS) is 11.5. The SMILES string of the molecule is CCOC(=O)[C@@H](Cc1ccc(OCc2ccccc2)cc1)NC(=O)CN.